The number of carbonyl (C=O) groups is 2. The summed E-state index contributed by atoms with van der Waals surface area (Å²) in [7, 11) is -4.12. The van der Waals surface area contributed by atoms with Crippen LogP contribution in [0.1, 0.15) is 37.4 Å². The number of ether oxygens (including phenoxy) is 1. The van der Waals surface area contributed by atoms with Gasteiger partial charge in [-0.25, -0.2) is 12.8 Å². The number of thiophene rings is 1. The highest BCUT2D eigenvalue weighted by molar-refractivity contribution is 7.89. The average Bonchev–Trinajstić information content (AvgIpc) is 3.13. The lowest BCUT2D eigenvalue weighted by atomic mass is 10.2. The van der Waals surface area contributed by atoms with Gasteiger partial charge in [0.2, 0.25) is 10.0 Å². The highest BCUT2D eigenvalue weighted by Crippen LogP contribution is 2.23. The molecule has 0 spiro atoms. The van der Waals surface area contributed by atoms with Gasteiger partial charge in [0.15, 0.2) is 0 Å². The van der Waals surface area contributed by atoms with Gasteiger partial charge in [-0.1, -0.05) is 6.92 Å². The molecule has 30 heavy (non-hydrogen) atoms. The summed E-state index contributed by atoms with van der Waals surface area (Å²) in [5.41, 5.74) is 5.44. The van der Waals surface area contributed by atoms with Gasteiger partial charge in [-0.05, 0) is 43.2 Å². The van der Waals surface area contributed by atoms with Crippen molar-refractivity contribution in [1.29, 1.82) is 0 Å². The zero-order chi connectivity index (χ0) is 21.9. The van der Waals surface area contributed by atoms with Gasteiger partial charge < -0.3 is 4.74 Å². The van der Waals surface area contributed by atoms with Crippen LogP contribution in [0.2, 0.25) is 0 Å². The highest BCUT2D eigenvalue weighted by Gasteiger charge is 2.29. The molecule has 2 heterocycles. The minimum Gasteiger partial charge on any atom is -0.379 e. The topological polar surface area (TPSA) is 105 Å². The third-order valence-electron chi connectivity index (χ3n) is 4.64. The second-order valence-corrected chi connectivity index (χ2v) is 9.68. The molecule has 2 aromatic rings. The molecule has 3 rings (SSSR count). The molecule has 2 amide bonds. The molecule has 1 aliphatic heterocycles. The molecule has 8 nitrogen and oxygen atoms in total. The van der Waals surface area contributed by atoms with E-state index in [1.165, 1.54) is 11.3 Å². The lowest BCUT2D eigenvalue weighted by Gasteiger charge is -2.26. The Kier molecular flexibility index (Phi) is 6.86. The Labute approximate surface area is 178 Å². The summed E-state index contributed by atoms with van der Waals surface area (Å²) in [6.07, 6.45) is 0.798. The van der Waals surface area contributed by atoms with E-state index in [0.29, 0.717) is 4.88 Å². The Morgan fingerprint density at radius 2 is 1.83 bits per heavy atom. The molecule has 0 unspecified atom stereocenters. The SMILES string of the molecule is CCc1sc(C(=O)NNC(=O)c2ccc(F)c(S(=O)(=O)N3CCOCC3)c2)cc1C. The van der Waals surface area contributed by atoms with Gasteiger partial charge in [-0.2, -0.15) is 4.31 Å². The fourth-order valence-electron chi connectivity index (χ4n) is 3.00. The van der Waals surface area contributed by atoms with E-state index >= 15 is 0 Å². The van der Waals surface area contributed by atoms with Gasteiger partial charge in [-0.3, -0.25) is 20.4 Å². The maximum absolute atomic E-state index is 14.3. The minimum atomic E-state index is -4.12. The van der Waals surface area contributed by atoms with Crippen molar-refractivity contribution in [3.63, 3.8) is 0 Å². The number of nitrogens with one attached hydrogen (secondary N) is 2. The van der Waals surface area contributed by atoms with E-state index in [1.807, 2.05) is 13.8 Å². The van der Waals surface area contributed by atoms with Gasteiger partial charge in [0, 0.05) is 23.5 Å². The predicted octanol–water partition coefficient (Wildman–Crippen LogP) is 1.85. The molecule has 0 radical (unpaired) electrons. The molecule has 2 N–H and O–H groups in total. The van der Waals surface area contributed by atoms with Crippen molar-refractivity contribution < 1.29 is 27.1 Å². The first kappa shape index (κ1) is 22.3. The number of benzene rings is 1. The van der Waals surface area contributed by atoms with Crippen LogP contribution < -0.4 is 10.9 Å². The molecular weight excluding hydrogens is 433 g/mol. The Hall–Kier alpha value is -2.34. The number of sulfonamides is 1. The third kappa shape index (κ3) is 4.69. The van der Waals surface area contributed by atoms with Crippen LogP contribution in [0.25, 0.3) is 0 Å². The number of rotatable bonds is 5. The monoisotopic (exact) mass is 455 g/mol. The first-order chi connectivity index (χ1) is 14.2. The Bertz CT molecular complexity index is 1060. The summed E-state index contributed by atoms with van der Waals surface area (Å²) < 4.78 is 45.9. The van der Waals surface area contributed by atoms with Crippen molar-refractivity contribution in [2.75, 3.05) is 26.3 Å². The number of amides is 2. The zero-order valence-corrected chi connectivity index (χ0v) is 18.2. The molecule has 11 heteroatoms. The highest BCUT2D eigenvalue weighted by atomic mass is 32.2. The number of hydrogen-bond acceptors (Lipinski definition) is 6. The van der Waals surface area contributed by atoms with Gasteiger partial charge >= 0.3 is 0 Å². The molecule has 1 aliphatic rings. The zero-order valence-electron chi connectivity index (χ0n) is 16.5. The van der Waals surface area contributed by atoms with Crippen LogP contribution >= 0.6 is 11.3 Å². The summed E-state index contributed by atoms with van der Waals surface area (Å²) in [6, 6.07) is 4.77. The quantitative estimate of drug-likeness (QED) is 0.670. The predicted molar refractivity (Wildman–Crippen MR) is 109 cm³/mol. The van der Waals surface area contributed by atoms with E-state index in [0.717, 1.165) is 39.4 Å². The van der Waals surface area contributed by atoms with Crippen LogP contribution in [0.3, 0.4) is 0 Å². The van der Waals surface area contributed by atoms with Crippen molar-refractivity contribution in [2.24, 2.45) is 0 Å². The molecule has 0 aliphatic carbocycles. The lowest BCUT2D eigenvalue weighted by Crippen LogP contribution is -2.42. The summed E-state index contributed by atoms with van der Waals surface area (Å²) in [5, 5.41) is 0. The van der Waals surface area contributed by atoms with Gasteiger partial charge in [0.05, 0.1) is 18.1 Å². The number of carbonyl (C=O) groups excluding carboxylic acids is 2. The van der Waals surface area contributed by atoms with E-state index in [1.54, 1.807) is 6.07 Å². The lowest BCUT2D eigenvalue weighted by molar-refractivity contribution is 0.0729. The van der Waals surface area contributed by atoms with Crippen molar-refractivity contribution in [1.82, 2.24) is 15.2 Å². The molecular formula is C19H22FN3O5S2. The number of halogens is 1. The van der Waals surface area contributed by atoms with Crippen LogP contribution in [0, 0.1) is 12.7 Å². The van der Waals surface area contributed by atoms with Crippen molar-refractivity contribution in [3.05, 3.63) is 51.0 Å². The third-order valence-corrected chi connectivity index (χ3v) is 7.93. The van der Waals surface area contributed by atoms with Crippen LogP contribution in [0.15, 0.2) is 29.2 Å². The largest absolute Gasteiger partial charge is 0.379 e. The van der Waals surface area contributed by atoms with Crippen LogP contribution in [-0.2, 0) is 21.2 Å². The van der Waals surface area contributed by atoms with Crippen molar-refractivity contribution in [3.8, 4) is 0 Å². The van der Waals surface area contributed by atoms with Gasteiger partial charge in [-0.15, -0.1) is 11.3 Å². The first-order valence-electron chi connectivity index (χ1n) is 9.31. The smallest absolute Gasteiger partial charge is 0.279 e. The molecule has 1 aromatic carbocycles. The Morgan fingerprint density at radius 1 is 1.17 bits per heavy atom. The number of hydrazine groups is 1. The van der Waals surface area contributed by atoms with Crippen molar-refractivity contribution in [2.45, 2.75) is 25.2 Å². The Balaban J connectivity index is 1.73. The molecule has 0 saturated carbocycles. The van der Waals surface area contributed by atoms with Gasteiger partial charge in [0.25, 0.3) is 11.8 Å². The summed E-state index contributed by atoms with van der Waals surface area (Å²) >= 11 is 1.33. The van der Waals surface area contributed by atoms with E-state index in [4.69, 9.17) is 4.74 Å². The summed E-state index contributed by atoms with van der Waals surface area (Å²) in [4.78, 5) is 25.6. The van der Waals surface area contributed by atoms with Crippen molar-refractivity contribution >= 4 is 33.2 Å². The second-order valence-electron chi connectivity index (χ2n) is 6.64. The standard InChI is InChI=1S/C19H22FN3O5S2/c1-3-15-12(2)10-16(29-15)19(25)22-21-18(24)13-4-5-14(20)17(11-13)30(26,27)23-6-8-28-9-7-23/h4-5,10-11H,3,6-9H2,1-2H3,(H,21,24)(H,22,25). The number of aryl methyl sites for hydroxylation is 2. The normalized spacial score (nSPS) is 15.0. The second kappa shape index (κ2) is 9.21. The summed E-state index contributed by atoms with van der Waals surface area (Å²) in [5.74, 6) is -2.20. The number of morpholine rings is 1. The van der Waals surface area contributed by atoms with Crippen LogP contribution in [0.5, 0.6) is 0 Å². The molecule has 1 saturated heterocycles. The summed E-state index contributed by atoms with van der Waals surface area (Å²) in [6.45, 7) is 4.53. The van der Waals surface area contributed by atoms with E-state index in [2.05, 4.69) is 10.9 Å². The molecule has 0 bridgehead atoms. The maximum atomic E-state index is 14.3. The molecule has 1 aromatic heterocycles. The minimum absolute atomic E-state index is 0.0971. The maximum Gasteiger partial charge on any atom is 0.279 e. The van der Waals surface area contributed by atoms with Crippen LogP contribution in [0.4, 0.5) is 4.39 Å². The Morgan fingerprint density at radius 3 is 2.47 bits per heavy atom. The van der Waals surface area contributed by atoms with E-state index in [-0.39, 0.29) is 31.9 Å². The molecule has 0 atom stereocenters. The first-order valence-corrected chi connectivity index (χ1v) is 11.6. The fraction of sp³-hybridized carbons (Fsp3) is 0.368. The number of hydrogen-bond donors (Lipinski definition) is 2. The fourth-order valence-corrected chi connectivity index (χ4v) is 5.51. The van der Waals surface area contributed by atoms with Gasteiger partial charge in [0.1, 0.15) is 10.7 Å². The van der Waals surface area contributed by atoms with E-state index < -0.39 is 32.6 Å². The van der Waals surface area contributed by atoms with Crippen LogP contribution in [-0.4, -0.2) is 50.8 Å². The number of nitrogens with zero attached hydrogens (tertiary/aromatic N) is 1. The van der Waals surface area contributed by atoms with E-state index in [9.17, 15) is 22.4 Å². The molecule has 162 valence electrons. The molecule has 1 fully saturated rings. The average molecular weight is 456 g/mol.